The topological polar surface area (TPSA) is 88.5 Å². The van der Waals surface area contributed by atoms with Gasteiger partial charge in [0.15, 0.2) is 0 Å². The summed E-state index contributed by atoms with van der Waals surface area (Å²) >= 11 is 5.82. The number of nitrogens with one attached hydrogen (secondary N) is 1. The van der Waals surface area contributed by atoms with Gasteiger partial charge in [0.05, 0.1) is 17.8 Å². The van der Waals surface area contributed by atoms with Gasteiger partial charge in [-0.15, -0.1) is 0 Å². The average Bonchev–Trinajstić information content (AvgIpc) is 3.09. The van der Waals surface area contributed by atoms with Crippen molar-refractivity contribution in [3.05, 3.63) is 47.6 Å². The van der Waals surface area contributed by atoms with Gasteiger partial charge in [-0.25, -0.2) is 4.98 Å². The number of pyridine rings is 1. The number of hydrogen-bond acceptors (Lipinski definition) is 4. The van der Waals surface area contributed by atoms with Gasteiger partial charge < -0.3 is 15.2 Å². The Labute approximate surface area is 149 Å². The quantitative estimate of drug-likeness (QED) is 0.842. The van der Waals surface area contributed by atoms with Crippen LogP contribution in [0.2, 0.25) is 5.02 Å². The van der Waals surface area contributed by atoms with Crippen molar-refractivity contribution >= 4 is 29.2 Å². The number of carboxylic acid groups (broad SMARTS) is 1. The van der Waals surface area contributed by atoms with E-state index >= 15 is 0 Å². The van der Waals surface area contributed by atoms with Crippen LogP contribution >= 0.6 is 11.6 Å². The Bertz CT molecular complexity index is 762. The van der Waals surface area contributed by atoms with Crippen LogP contribution in [0.4, 0.5) is 5.69 Å². The molecule has 0 radical (unpaired) electrons. The van der Waals surface area contributed by atoms with E-state index in [0.29, 0.717) is 41.6 Å². The van der Waals surface area contributed by atoms with Gasteiger partial charge in [0.2, 0.25) is 11.8 Å². The van der Waals surface area contributed by atoms with Crippen molar-refractivity contribution in [1.29, 1.82) is 0 Å². The van der Waals surface area contributed by atoms with Gasteiger partial charge in [-0.2, -0.15) is 0 Å². The number of anilines is 1. The van der Waals surface area contributed by atoms with Crippen LogP contribution in [0.5, 0.6) is 11.6 Å². The fraction of sp³-hybridized carbons (Fsp3) is 0.278. The second-order valence-corrected chi connectivity index (χ2v) is 6.41. The van der Waals surface area contributed by atoms with E-state index in [1.165, 1.54) is 6.20 Å². The zero-order chi connectivity index (χ0) is 17.8. The first kappa shape index (κ1) is 17.2. The molecule has 2 N–H and O–H groups in total. The smallest absolute Gasteiger partial charge is 0.306 e. The van der Waals surface area contributed by atoms with E-state index < -0.39 is 11.9 Å². The molecule has 25 heavy (non-hydrogen) atoms. The molecule has 0 unspecified atom stereocenters. The lowest BCUT2D eigenvalue weighted by atomic mass is 10.0. The summed E-state index contributed by atoms with van der Waals surface area (Å²) in [7, 11) is 0. The molecule has 1 aliphatic carbocycles. The van der Waals surface area contributed by atoms with E-state index in [4.69, 9.17) is 21.4 Å². The maximum absolute atomic E-state index is 12.2. The monoisotopic (exact) mass is 360 g/mol. The molecule has 1 aromatic heterocycles. The zero-order valence-electron chi connectivity index (χ0n) is 13.3. The van der Waals surface area contributed by atoms with E-state index in [-0.39, 0.29) is 11.8 Å². The third kappa shape index (κ3) is 4.48. The van der Waals surface area contributed by atoms with Crippen LogP contribution < -0.4 is 10.1 Å². The number of ether oxygens (including phenoxy) is 1. The summed E-state index contributed by atoms with van der Waals surface area (Å²) in [6, 6.07) is 10.3. The number of nitrogens with zero attached hydrogens (tertiary/aromatic N) is 1. The summed E-state index contributed by atoms with van der Waals surface area (Å²) in [6.07, 6.45) is 3.02. The summed E-state index contributed by atoms with van der Waals surface area (Å²) in [4.78, 5) is 27.3. The summed E-state index contributed by atoms with van der Waals surface area (Å²) < 4.78 is 5.59. The number of carbonyl (C=O) groups is 2. The number of aliphatic carboxylic acids is 1. The largest absolute Gasteiger partial charge is 0.481 e. The van der Waals surface area contributed by atoms with E-state index in [2.05, 4.69) is 10.3 Å². The van der Waals surface area contributed by atoms with Crippen molar-refractivity contribution < 1.29 is 19.4 Å². The van der Waals surface area contributed by atoms with E-state index in [1.807, 2.05) is 0 Å². The Kier molecular flexibility index (Phi) is 5.19. The van der Waals surface area contributed by atoms with E-state index in [0.717, 1.165) is 0 Å². The van der Waals surface area contributed by atoms with Crippen LogP contribution in [0, 0.1) is 11.8 Å². The molecule has 7 heteroatoms. The van der Waals surface area contributed by atoms with Crippen molar-refractivity contribution in [3.8, 4) is 11.6 Å². The summed E-state index contributed by atoms with van der Waals surface area (Å²) in [6.45, 7) is 0. The number of amides is 1. The molecule has 1 saturated carbocycles. The van der Waals surface area contributed by atoms with E-state index in [9.17, 15) is 9.59 Å². The fourth-order valence-electron chi connectivity index (χ4n) is 2.83. The van der Waals surface area contributed by atoms with E-state index in [1.54, 1.807) is 36.4 Å². The van der Waals surface area contributed by atoms with Gasteiger partial charge >= 0.3 is 5.97 Å². The van der Waals surface area contributed by atoms with Crippen molar-refractivity contribution in [2.45, 2.75) is 19.3 Å². The predicted octanol–water partition coefficient (Wildman–Crippen LogP) is 3.97. The Morgan fingerprint density at radius 3 is 2.44 bits per heavy atom. The molecule has 1 heterocycles. The molecular formula is C18H17ClN2O4. The Balaban J connectivity index is 1.56. The van der Waals surface area contributed by atoms with Gasteiger partial charge in [0.1, 0.15) is 5.75 Å². The van der Waals surface area contributed by atoms with Crippen LogP contribution in [0.1, 0.15) is 19.3 Å². The first-order valence-corrected chi connectivity index (χ1v) is 8.32. The van der Waals surface area contributed by atoms with Gasteiger partial charge in [-0.3, -0.25) is 9.59 Å². The number of halogens is 1. The third-order valence-corrected chi connectivity index (χ3v) is 4.44. The first-order chi connectivity index (χ1) is 12.0. The molecule has 130 valence electrons. The number of carboxylic acids is 1. The minimum absolute atomic E-state index is 0.170. The molecule has 0 bridgehead atoms. The van der Waals surface area contributed by atoms with Gasteiger partial charge in [-0.05, 0) is 49.6 Å². The van der Waals surface area contributed by atoms with Crippen LogP contribution in [0.3, 0.4) is 0 Å². The second-order valence-electron chi connectivity index (χ2n) is 5.98. The fourth-order valence-corrected chi connectivity index (χ4v) is 2.95. The lowest BCUT2D eigenvalue weighted by molar-refractivity contribution is -0.141. The van der Waals surface area contributed by atoms with Crippen molar-refractivity contribution in [1.82, 2.24) is 4.98 Å². The molecule has 1 amide bonds. The highest BCUT2D eigenvalue weighted by Crippen LogP contribution is 2.32. The highest BCUT2D eigenvalue weighted by molar-refractivity contribution is 6.30. The van der Waals surface area contributed by atoms with Crippen LogP contribution in [0.15, 0.2) is 42.6 Å². The average molecular weight is 361 g/mol. The van der Waals surface area contributed by atoms with Gasteiger partial charge in [0.25, 0.3) is 0 Å². The Hall–Kier alpha value is -2.60. The molecule has 3 rings (SSSR count). The third-order valence-electron chi connectivity index (χ3n) is 4.19. The number of rotatable bonds is 5. The molecule has 0 spiro atoms. The normalized spacial score (nSPS) is 19.4. The molecule has 0 saturated heterocycles. The number of benzene rings is 1. The molecule has 0 aliphatic heterocycles. The minimum atomic E-state index is -0.833. The van der Waals surface area contributed by atoms with Crippen LogP contribution in [0.25, 0.3) is 0 Å². The molecule has 1 fully saturated rings. The molecular weight excluding hydrogens is 344 g/mol. The Morgan fingerprint density at radius 2 is 1.84 bits per heavy atom. The summed E-state index contributed by atoms with van der Waals surface area (Å²) in [5, 5.41) is 12.4. The predicted molar refractivity (Wildman–Crippen MR) is 92.9 cm³/mol. The number of carbonyl (C=O) groups excluding carboxylic acids is 1. The highest BCUT2D eigenvalue weighted by Gasteiger charge is 2.33. The van der Waals surface area contributed by atoms with Gasteiger partial charge in [-0.1, -0.05) is 11.6 Å². The molecule has 2 atom stereocenters. The van der Waals surface area contributed by atoms with Crippen molar-refractivity contribution in [2.75, 3.05) is 5.32 Å². The van der Waals surface area contributed by atoms with Crippen molar-refractivity contribution in [3.63, 3.8) is 0 Å². The zero-order valence-corrected chi connectivity index (χ0v) is 14.1. The highest BCUT2D eigenvalue weighted by atomic mass is 35.5. The molecule has 1 aromatic carbocycles. The van der Waals surface area contributed by atoms with Crippen molar-refractivity contribution in [2.24, 2.45) is 11.8 Å². The first-order valence-electron chi connectivity index (χ1n) is 7.94. The standard InChI is InChI=1S/C18H17ClN2O4/c19-13-3-6-15(7-4-13)25-16-8-5-14(10-20-16)21-17(22)11-1-2-12(9-11)18(23)24/h3-8,10-12H,1-2,9H2,(H,21,22)(H,23,24)/t11-,12+/m0/s1. The second kappa shape index (κ2) is 7.53. The number of hydrogen-bond donors (Lipinski definition) is 2. The number of aromatic nitrogens is 1. The molecule has 1 aliphatic rings. The summed E-state index contributed by atoms with van der Waals surface area (Å²) in [5.41, 5.74) is 0.548. The maximum Gasteiger partial charge on any atom is 0.306 e. The summed E-state index contributed by atoms with van der Waals surface area (Å²) in [5.74, 6) is -0.695. The Morgan fingerprint density at radius 1 is 1.12 bits per heavy atom. The molecule has 2 aromatic rings. The van der Waals surface area contributed by atoms with Gasteiger partial charge in [0, 0.05) is 17.0 Å². The van der Waals surface area contributed by atoms with Crippen LogP contribution in [-0.4, -0.2) is 22.0 Å². The molecule has 6 nitrogen and oxygen atoms in total. The van der Waals surface area contributed by atoms with Crippen LogP contribution in [-0.2, 0) is 9.59 Å². The lowest BCUT2D eigenvalue weighted by Crippen LogP contribution is -2.21. The maximum atomic E-state index is 12.2. The minimum Gasteiger partial charge on any atom is -0.481 e. The SMILES string of the molecule is O=C(O)[C@@H]1CC[C@H](C(=O)Nc2ccc(Oc3ccc(Cl)cc3)nc2)C1. The lowest BCUT2D eigenvalue weighted by Gasteiger charge is -2.11.